The van der Waals surface area contributed by atoms with Crippen LogP contribution in [0.5, 0.6) is 0 Å². The molecule has 1 aromatic heterocycles. The van der Waals surface area contributed by atoms with Gasteiger partial charge >= 0.3 is 5.97 Å². The van der Waals surface area contributed by atoms with Gasteiger partial charge in [0.2, 0.25) is 0 Å². The number of aryl methyl sites for hydroxylation is 2. The van der Waals surface area contributed by atoms with Crippen LogP contribution < -0.4 is 0 Å². The van der Waals surface area contributed by atoms with Crippen molar-refractivity contribution in [3.8, 4) is 0 Å². The zero-order valence-corrected chi connectivity index (χ0v) is 11.3. The molecule has 6 nitrogen and oxygen atoms in total. The van der Waals surface area contributed by atoms with Gasteiger partial charge in [-0.15, -0.1) is 0 Å². The lowest BCUT2D eigenvalue weighted by molar-refractivity contribution is -0.147. The molecule has 1 amide bonds. The van der Waals surface area contributed by atoms with Crippen molar-refractivity contribution in [2.45, 2.75) is 39.2 Å². The summed E-state index contributed by atoms with van der Waals surface area (Å²) >= 11 is 0. The van der Waals surface area contributed by atoms with Crippen molar-refractivity contribution < 1.29 is 14.7 Å². The molecule has 2 heterocycles. The molecule has 19 heavy (non-hydrogen) atoms. The molecular weight excluding hydrogens is 246 g/mol. The summed E-state index contributed by atoms with van der Waals surface area (Å²) in [7, 11) is 0. The van der Waals surface area contributed by atoms with E-state index in [0.29, 0.717) is 36.5 Å². The molecule has 1 atom stereocenters. The number of nitrogens with zero attached hydrogens (tertiary/aromatic N) is 3. The van der Waals surface area contributed by atoms with Crippen molar-refractivity contribution in [2.75, 3.05) is 6.54 Å². The van der Waals surface area contributed by atoms with Crippen LogP contribution in [-0.2, 0) is 4.79 Å². The first-order valence-electron chi connectivity index (χ1n) is 6.22. The molecule has 2 rings (SSSR count). The second-order valence-corrected chi connectivity index (χ2v) is 5.06. The summed E-state index contributed by atoms with van der Waals surface area (Å²) in [6, 6.07) is 0. The average Bonchev–Trinajstić information content (AvgIpc) is 2.72. The summed E-state index contributed by atoms with van der Waals surface area (Å²) in [6.45, 7) is 5.52. The van der Waals surface area contributed by atoms with E-state index in [9.17, 15) is 14.7 Å². The van der Waals surface area contributed by atoms with Crippen LogP contribution in [0.2, 0.25) is 0 Å². The van der Waals surface area contributed by atoms with Crippen LogP contribution in [0, 0.1) is 13.8 Å². The lowest BCUT2D eigenvalue weighted by Gasteiger charge is -2.31. The molecule has 6 heteroatoms. The Labute approximate surface area is 111 Å². The van der Waals surface area contributed by atoms with Crippen LogP contribution in [0.25, 0.3) is 0 Å². The number of carbonyl (C=O) groups excluding carboxylic acids is 1. The predicted octanol–water partition coefficient (Wildman–Crippen LogP) is 1.17. The molecule has 1 N–H and O–H groups in total. The molecule has 1 saturated heterocycles. The Hall–Kier alpha value is -1.98. The maximum absolute atomic E-state index is 12.5. The first-order chi connectivity index (χ1) is 8.86. The first kappa shape index (κ1) is 13.5. The minimum absolute atomic E-state index is 0.306. The van der Waals surface area contributed by atoms with Gasteiger partial charge in [-0.1, -0.05) is 0 Å². The van der Waals surface area contributed by atoms with Crippen molar-refractivity contribution in [1.29, 1.82) is 0 Å². The molecule has 0 radical (unpaired) electrons. The molecule has 1 aliphatic heterocycles. The van der Waals surface area contributed by atoms with Gasteiger partial charge in [0.05, 0.1) is 11.3 Å². The molecule has 0 aliphatic carbocycles. The molecule has 0 aromatic carbocycles. The molecule has 102 valence electrons. The molecule has 1 unspecified atom stereocenters. The van der Waals surface area contributed by atoms with Gasteiger partial charge in [-0.05, 0) is 33.6 Å². The Morgan fingerprint density at radius 2 is 2.11 bits per heavy atom. The number of aliphatic carboxylic acids is 1. The number of amides is 1. The van der Waals surface area contributed by atoms with Crippen molar-refractivity contribution in [2.24, 2.45) is 0 Å². The minimum Gasteiger partial charge on any atom is -0.480 e. The van der Waals surface area contributed by atoms with Gasteiger partial charge in [0.1, 0.15) is 11.4 Å². The van der Waals surface area contributed by atoms with Crippen molar-refractivity contribution in [3.05, 3.63) is 23.3 Å². The highest BCUT2D eigenvalue weighted by atomic mass is 16.4. The number of likely N-dealkylation sites (tertiary alicyclic amines) is 1. The Morgan fingerprint density at radius 3 is 2.68 bits per heavy atom. The molecule has 1 aliphatic rings. The van der Waals surface area contributed by atoms with E-state index >= 15 is 0 Å². The third kappa shape index (κ3) is 2.18. The zero-order valence-electron chi connectivity index (χ0n) is 11.3. The van der Waals surface area contributed by atoms with E-state index in [0.717, 1.165) is 0 Å². The highest BCUT2D eigenvalue weighted by Crippen LogP contribution is 2.31. The molecule has 1 aromatic rings. The van der Waals surface area contributed by atoms with Crippen molar-refractivity contribution >= 4 is 11.9 Å². The third-order valence-corrected chi connectivity index (χ3v) is 3.68. The average molecular weight is 263 g/mol. The molecule has 1 fully saturated rings. The second-order valence-electron chi connectivity index (χ2n) is 5.06. The first-order valence-corrected chi connectivity index (χ1v) is 6.22. The van der Waals surface area contributed by atoms with Crippen LogP contribution in [-0.4, -0.2) is 43.9 Å². The maximum atomic E-state index is 12.5. The fourth-order valence-electron chi connectivity index (χ4n) is 2.45. The highest BCUT2D eigenvalue weighted by Gasteiger charge is 2.46. The number of aromatic nitrogens is 2. The van der Waals surface area contributed by atoms with Crippen LogP contribution in [0.15, 0.2) is 6.20 Å². The summed E-state index contributed by atoms with van der Waals surface area (Å²) < 4.78 is 0. The van der Waals surface area contributed by atoms with Gasteiger partial charge in [-0.2, -0.15) is 0 Å². The van der Waals surface area contributed by atoms with Crippen LogP contribution >= 0.6 is 0 Å². The number of hydrogen-bond donors (Lipinski definition) is 1. The van der Waals surface area contributed by atoms with E-state index in [2.05, 4.69) is 9.97 Å². The molecular formula is C13H17N3O3. The van der Waals surface area contributed by atoms with Gasteiger partial charge in [-0.25, -0.2) is 14.8 Å². The normalized spacial score (nSPS) is 22.6. The lowest BCUT2D eigenvalue weighted by atomic mass is 9.98. The quantitative estimate of drug-likeness (QED) is 0.866. The van der Waals surface area contributed by atoms with E-state index in [4.69, 9.17) is 0 Å². The topological polar surface area (TPSA) is 83.4 Å². The summed E-state index contributed by atoms with van der Waals surface area (Å²) in [4.78, 5) is 33.4. The van der Waals surface area contributed by atoms with Gasteiger partial charge in [0.25, 0.3) is 5.91 Å². The van der Waals surface area contributed by atoms with E-state index in [1.54, 1.807) is 20.8 Å². The Bertz CT molecular complexity index is 544. The predicted molar refractivity (Wildman–Crippen MR) is 67.8 cm³/mol. The number of carboxylic acids is 1. The largest absolute Gasteiger partial charge is 0.480 e. The van der Waals surface area contributed by atoms with Crippen molar-refractivity contribution in [3.63, 3.8) is 0 Å². The van der Waals surface area contributed by atoms with Crippen molar-refractivity contribution in [1.82, 2.24) is 14.9 Å². The van der Waals surface area contributed by atoms with E-state index in [-0.39, 0.29) is 5.91 Å². The third-order valence-electron chi connectivity index (χ3n) is 3.68. The standard InChI is InChI=1S/C13H17N3O3/c1-8-10(7-14-9(2)15-8)11(17)16-6-4-5-13(16,3)12(18)19/h7H,4-6H2,1-3H3,(H,18,19). The fraction of sp³-hybridized carbons (Fsp3) is 0.538. The van der Waals surface area contributed by atoms with E-state index in [1.807, 2.05) is 0 Å². The summed E-state index contributed by atoms with van der Waals surface area (Å²) in [6.07, 6.45) is 2.64. The molecule has 0 bridgehead atoms. The van der Waals surface area contributed by atoms with Gasteiger partial charge in [-0.3, -0.25) is 4.79 Å². The monoisotopic (exact) mass is 263 g/mol. The number of carboxylic acid groups (broad SMARTS) is 1. The molecule has 0 spiro atoms. The van der Waals surface area contributed by atoms with E-state index in [1.165, 1.54) is 11.1 Å². The maximum Gasteiger partial charge on any atom is 0.329 e. The number of rotatable bonds is 2. The van der Waals surface area contributed by atoms with Gasteiger partial charge < -0.3 is 10.0 Å². The Morgan fingerprint density at radius 1 is 1.42 bits per heavy atom. The number of hydrogen-bond acceptors (Lipinski definition) is 4. The van der Waals surface area contributed by atoms with Crippen LogP contribution in [0.3, 0.4) is 0 Å². The molecule has 0 saturated carbocycles. The summed E-state index contributed by atoms with van der Waals surface area (Å²) in [5.74, 6) is -0.680. The minimum atomic E-state index is -1.13. The van der Waals surface area contributed by atoms with Crippen LogP contribution in [0.4, 0.5) is 0 Å². The second kappa shape index (κ2) is 4.60. The van der Waals surface area contributed by atoms with Gasteiger partial charge in [0, 0.05) is 12.7 Å². The SMILES string of the molecule is Cc1ncc(C(=O)N2CCCC2(C)C(=O)O)c(C)n1. The smallest absolute Gasteiger partial charge is 0.329 e. The lowest BCUT2D eigenvalue weighted by Crippen LogP contribution is -2.51. The van der Waals surface area contributed by atoms with Gasteiger partial charge in [0.15, 0.2) is 0 Å². The summed E-state index contributed by atoms with van der Waals surface area (Å²) in [5, 5.41) is 9.33. The fourth-order valence-corrected chi connectivity index (χ4v) is 2.45. The summed E-state index contributed by atoms with van der Waals surface area (Å²) in [5.41, 5.74) is -0.175. The zero-order chi connectivity index (χ0) is 14.2. The number of carbonyl (C=O) groups is 2. The Kier molecular flexibility index (Phi) is 3.26. The van der Waals surface area contributed by atoms with Crippen LogP contribution in [0.1, 0.15) is 41.6 Å². The highest BCUT2D eigenvalue weighted by molar-refractivity contribution is 5.98. The Balaban J connectivity index is 2.36. The van der Waals surface area contributed by atoms with E-state index < -0.39 is 11.5 Å².